The van der Waals surface area contributed by atoms with Crippen LogP contribution in [0.5, 0.6) is 0 Å². The van der Waals surface area contributed by atoms with Crippen molar-refractivity contribution in [3.8, 4) is 0 Å². The number of nitrogens with one attached hydrogen (secondary N) is 2. The molecule has 0 aliphatic rings. The second-order valence-corrected chi connectivity index (χ2v) is 7.44. The van der Waals surface area contributed by atoms with Crippen molar-refractivity contribution < 1.29 is 0 Å². The van der Waals surface area contributed by atoms with E-state index >= 15 is 0 Å². The van der Waals surface area contributed by atoms with Gasteiger partial charge in [0.15, 0.2) is 5.96 Å². The summed E-state index contributed by atoms with van der Waals surface area (Å²) in [4.78, 5) is 14.7. The minimum absolute atomic E-state index is 0.659. The first-order chi connectivity index (χ1) is 12.7. The van der Waals surface area contributed by atoms with Crippen LogP contribution in [0.4, 0.5) is 0 Å². The highest BCUT2D eigenvalue weighted by Crippen LogP contribution is 2.15. The number of aryl methyl sites for hydroxylation is 3. The van der Waals surface area contributed by atoms with Gasteiger partial charge in [-0.25, -0.2) is 15.0 Å². The van der Waals surface area contributed by atoms with Crippen LogP contribution in [-0.4, -0.2) is 33.6 Å². The second kappa shape index (κ2) is 8.80. The van der Waals surface area contributed by atoms with Crippen molar-refractivity contribution in [2.24, 2.45) is 4.99 Å². The number of benzene rings is 1. The molecule has 2 aromatic heterocycles. The summed E-state index contributed by atoms with van der Waals surface area (Å²) in [6.07, 6.45) is 2.91. The molecule has 26 heavy (non-hydrogen) atoms. The van der Waals surface area contributed by atoms with Crippen LogP contribution in [-0.2, 0) is 13.1 Å². The summed E-state index contributed by atoms with van der Waals surface area (Å²) < 4.78 is 2.28. The van der Waals surface area contributed by atoms with Gasteiger partial charge >= 0.3 is 0 Å². The molecule has 3 rings (SSSR count). The SMILES string of the molecule is CCNC(=NCc1cnc(C)s1)NCCCn1c(C)nc2ccccc21. The molecule has 0 aliphatic carbocycles. The zero-order valence-corrected chi connectivity index (χ0v) is 16.4. The second-order valence-electron chi connectivity index (χ2n) is 6.12. The van der Waals surface area contributed by atoms with E-state index in [1.165, 1.54) is 10.4 Å². The van der Waals surface area contributed by atoms with Gasteiger partial charge in [-0.1, -0.05) is 12.1 Å². The first-order valence-electron chi connectivity index (χ1n) is 9.02. The summed E-state index contributed by atoms with van der Waals surface area (Å²) in [6.45, 7) is 9.46. The third kappa shape index (κ3) is 4.60. The van der Waals surface area contributed by atoms with Crippen LogP contribution in [0.25, 0.3) is 11.0 Å². The molecule has 0 unspecified atom stereocenters. The Bertz CT molecular complexity index is 879. The van der Waals surface area contributed by atoms with E-state index in [1.807, 2.05) is 19.2 Å². The van der Waals surface area contributed by atoms with Gasteiger partial charge in [-0.2, -0.15) is 0 Å². The van der Waals surface area contributed by atoms with Gasteiger partial charge < -0.3 is 15.2 Å². The van der Waals surface area contributed by atoms with E-state index in [1.54, 1.807) is 11.3 Å². The maximum absolute atomic E-state index is 4.64. The summed E-state index contributed by atoms with van der Waals surface area (Å²) in [7, 11) is 0. The zero-order valence-electron chi connectivity index (χ0n) is 15.6. The van der Waals surface area contributed by atoms with Crippen molar-refractivity contribution >= 4 is 28.3 Å². The van der Waals surface area contributed by atoms with Gasteiger partial charge in [0.2, 0.25) is 0 Å². The Kier molecular flexibility index (Phi) is 6.22. The number of thiazole rings is 1. The molecular formula is C19H26N6S. The van der Waals surface area contributed by atoms with E-state index in [2.05, 4.69) is 62.2 Å². The van der Waals surface area contributed by atoms with Crippen LogP contribution in [0.3, 0.4) is 0 Å². The molecule has 7 heteroatoms. The van der Waals surface area contributed by atoms with E-state index in [-0.39, 0.29) is 0 Å². The molecule has 2 heterocycles. The third-order valence-electron chi connectivity index (χ3n) is 4.10. The highest BCUT2D eigenvalue weighted by Gasteiger charge is 2.06. The molecule has 6 nitrogen and oxygen atoms in total. The first-order valence-corrected chi connectivity index (χ1v) is 9.84. The number of aromatic nitrogens is 3. The van der Waals surface area contributed by atoms with E-state index in [0.717, 1.165) is 48.4 Å². The van der Waals surface area contributed by atoms with Crippen molar-refractivity contribution in [1.29, 1.82) is 0 Å². The monoisotopic (exact) mass is 370 g/mol. The number of nitrogens with zero attached hydrogens (tertiary/aromatic N) is 4. The normalized spacial score (nSPS) is 11.9. The van der Waals surface area contributed by atoms with Gasteiger partial charge in [-0.05, 0) is 39.3 Å². The Morgan fingerprint density at radius 3 is 2.85 bits per heavy atom. The molecule has 0 radical (unpaired) electrons. The highest BCUT2D eigenvalue weighted by atomic mass is 32.1. The van der Waals surface area contributed by atoms with Crippen LogP contribution >= 0.6 is 11.3 Å². The Morgan fingerprint density at radius 1 is 1.23 bits per heavy atom. The predicted octanol–water partition coefficient (Wildman–Crippen LogP) is 3.26. The molecule has 0 spiro atoms. The van der Waals surface area contributed by atoms with Crippen molar-refractivity contribution in [2.75, 3.05) is 13.1 Å². The highest BCUT2D eigenvalue weighted by molar-refractivity contribution is 7.11. The maximum Gasteiger partial charge on any atom is 0.191 e. The van der Waals surface area contributed by atoms with Crippen LogP contribution < -0.4 is 10.6 Å². The fraction of sp³-hybridized carbons (Fsp3) is 0.421. The first kappa shape index (κ1) is 18.4. The van der Waals surface area contributed by atoms with Gasteiger partial charge in [0.1, 0.15) is 5.82 Å². The quantitative estimate of drug-likeness (QED) is 0.381. The minimum atomic E-state index is 0.659. The number of fused-ring (bicyclic) bond motifs is 1. The Labute approximate surface area is 158 Å². The van der Waals surface area contributed by atoms with Crippen molar-refractivity contribution in [2.45, 2.75) is 40.3 Å². The van der Waals surface area contributed by atoms with Crippen LogP contribution in [0.15, 0.2) is 35.5 Å². The third-order valence-corrected chi connectivity index (χ3v) is 5.00. The smallest absolute Gasteiger partial charge is 0.191 e. The fourth-order valence-electron chi connectivity index (χ4n) is 2.90. The molecule has 3 aromatic rings. The largest absolute Gasteiger partial charge is 0.357 e. The molecule has 0 bridgehead atoms. The molecule has 1 aromatic carbocycles. The summed E-state index contributed by atoms with van der Waals surface area (Å²) in [5, 5.41) is 7.80. The van der Waals surface area contributed by atoms with Crippen molar-refractivity contribution in [1.82, 2.24) is 25.2 Å². The predicted molar refractivity (Wildman–Crippen MR) is 109 cm³/mol. The number of guanidine groups is 1. The molecule has 0 amide bonds. The number of hydrogen-bond acceptors (Lipinski definition) is 4. The van der Waals surface area contributed by atoms with Crippen LogP contribution in [0, 0.1) is 13.8 Å². The lowest BCUT2D eigenvalue weighted by atomic mass is 10.3. The molecular weight excluding hydrogens is 344 g/mol. The lowest BCUT2D eigenvalue weighted by molar-refractivity contribution is 0.624. The topological polar surface area (TPSA) is 67.1 Å². The Balaban J connectivity index is 1.53. The fourth-order valence-corrected chi connectivity index (χ4v) is 3.62. The van der Waals surface area contributed by atoms with Gasteiger partial charge in [-0.15, -0.1) is 11.3 Å². The molecule has 2 N–H and O–H groups in total. The molecule has 0 saturated heterocycles. The number of imidazole rings is 1. The van der Waals surface area contributed by atoms with E-state index in [0.29, 0.717) is 6.54 Å². The van der Waals surface area contributed by atoms with E-state index in [9.17, 15) is 0 Å². The minimum Gasteiger partial charge on any atom is -0.357 e. The molecule has 138 valence electrons. The van der Waals surface area contributed by atoms with E-state index < -0.39 is 0 Å². The lowest BCUT2D eigenvalue weighted by Gasteiger charge is -2.12. The van der Waals surface area contributed by atoms with E-state index in [4.69, 9.17) is 0 Å². The standard InChI is InChI=1S/C19H26N6S/c1-4-20-19(23-13-16-12-22-15(3)26-16)21-10-7-11-25-14(2)24-17-8-5-6-9-18(17)25/h5-6,8-9,12H,4,7,10-11,13H2,1-3H3,(H2,20,21,23). The van der Waals surface area contributed by atoms with Gasteiger partial charge in [0, 0.05) is 30.7 Å². The summed E-state index contributed by atoms with van der Waals surface area (Å²) in [6, 6.07) is 8.29. The maximum atomic E-state index is 4.64. The average Bonchev–Trinajstić information content (AvgIpc) is 3.19. The summed E-state index contributed by atoms with van der Waals surface area (Å²) in [5.41, 5.74) is 2.26. The van der Waals surface area contributed by atoms with Crippen LogP contribution in [0.2, 0.25) is 0 Å². The average molecular weight is 371 g/mol. The number of hydrogen-bond donors (Lipinski definition) is 2. The summed E-state index contributed by atoms with van der Waals surface area (Å²) in [5.74, 6) is 1.91. The summed E-state index contributed by atoms with van der Waals surface area (Å²) >= 11 is 1.69. The Morgan fingerprint density at radius 2 is 2.08 bits per heavy atom. The van der Waals surface area contributed by atoms with Gasteiger partial charge in [-0.3, -0.25) is 0 Å². The molecule has 0 atom stereocenters. The van der Waals surface area contributed by atoms with Crippen LogP contribution in [0.1, 0.15) is 29.1 Å². The molecule has 0 saturated carbocycles. The number of para-hydroxylation sites is 2. The van der Waals surface area contributed by atoms with Crippen molar-refractivity contribution in [3.63, 3.8) is 0 Å². The number of aliphatic imine (C=N–C) groups is 1. The number of rotatable bonds is 7. The van der Waals surface area contributed by atoms with Gasteiger partial charge in [0.05, 0.1) is 22.6 Å². The Hall–Kier alpha value is -2.41. The van der Waals surface area contributed by atoms with Crippen molar-refractivity contribution in [3.05, 3.63) is 46.2 Å². The molecule has 0 fully saturated rings. The molecule has 0 aliphatic heterocycles. The van der Waals surface area contributed by atoms with Gasteiger partial charge in [0.25, 0.3) is 0 Å². The zero-order chi connectivity index (χ0) is 18.4. The lowest BCUT2D eigenvalue weighted by Crippen LogP contribution is -2.38.